The molecule has 0 aliphatic carbocycles. The lowest BCUT2D eigenvalue weighted by Gasteiger charge is -2.11. The van der Waals surface area contributed by atoms with Crippen LogP contribution in [-0.2, 0) is 12.8 Å². The predicted octanol–water partition coefficient (Wildman–Crippen LogP) is 1.85. The summed E-state index contributed by atoms with van der Waals surface area (Å²) in [6.07, 6.45) is 2.26. The van der Waals surface area contributed by atoms with E-state index in [2.05, 4.69) is 35.0 Å². The largest absolute Gasteiger partial charge is 0.386 e. The van der Waals surface area contributed by atoms with Crippen molar-refractivity contribution in [2.24, 2.45) is 0 Å². The van der Waals surface area contributed by atoms with Crippen LogP contribution < -0.4 is 16.0 Å². The van der Waals surface area contributed by atoms with Gasteiger partial charge >= 0.3 is 0 Å². The summed E-state index contributed by atoms with van der Waals surface area (Å²) in [6.45, 7) is 5.32. The zero-order valence-electron chi connectivity index (χ0n) is 10.2. The molecule has 0 bridgehead atoms. The first kappa shape index (κ1) is 11.3. The summed E-state index contributed by atoms with van der Waals surface area (Å²) < 4.78 is 0. The zero-order valence-corrected chi connectivity index (χ0v) is 10.2. The highest BCUT2D eigenvalue weighted by molar-refractivity contribution is 5.75. The average Bonchev–Trinajstić information content (AvgIpc) is 2.76. The molecule has 0 saturated heterocycles. The third-order valence-corrected chi connectivity index (χ3v) is 3.09. The number of benzene rings is 1. The van der Waals surface area contributed by atoms with E-state index in [0.717, 1.165) is 32.5 Å². The predicted molar refractivity (Wildman–Crippen MR) is 70.4 cm³/mol. The summed E-state index contributed by atoms with van der Waals surface area (Å²) in [6, 6.07) is 4.60. The third-order valence-electron chi connectivity index (χ3n) is 3.09. The second kappa shape index (κ2) is 5.21. The van der Waals surface area contributed by atoms with Crippen LogP contribution >= 0.6 is 0 Å². The molecule has 0 unspecified atom stereocenters. The van der Waals surface area contributed by atoms with Gasteiger partial charge in [-0.2, -0.15) is 0 Å². The maximum Gasteiger partial charge on any atom is 0.0609 e. The monoisotopic (exact) mass is 219 g/mol. The Hall–Kier alpha value is -1.22. The highest BCUT2D eigenvalue weighted by atomic mass is 15.0. The third kappa shape index (κ3) is 2.30. The van der Waals surface area contributed by atoms with Gasteiger partial charge in [0.2, 0.25) is 0 Å². The summed E-state index contributed by atoms with van der Waals surface area (Å²) in [7, 11) is 1.99. The highest BCUT2D eigenvalue weighted by Crippen LogP contribution is 2.32. The first-order valence-corrected chi connectivity index (χ1v) is 6.13. The van der Waals surface area contributed by atoms with Crippen LogP contribution in [0.1, 0.15) is 18.1 Å². The fraction of sp³-hybridized carbons (Fsp3) is 0.538. The molecular weight excluding hydrogens is 198 g/mol. The molecule has 0 fully saturated rings. The van der Waals surface area contributed by atoms with Crippen molar-refractivity contribution >= 4 is 11.4 Å². The molecule has 88 valence electrons. The van der Waals surface area contributed by atoms with Crippen LogP contribution in [0.3, 0.4) is 0 Å². The van der Waals surface area contributed by atoms with Gasteiger partial charge in [0, 0.05) is 13.6 Å². The molecule has 3 N–H and O–H groups in total. The van der Waals surface area contributed by atoms with Crippen LogP contribution in [0, 0.1) is 0 Å². The van der Waals surface area contributed by atoms with Gasteiger partial charge in [0.25, 0.3) is 0 Å². The first-order chi connectivity index (χ1) is 7.85. The minimum atomic E-state index is 1.05. The molecule has 0 amide bonds. The Balaban J connectivity index is 2.14. The fourth-order valence-corrected chi connectivity index (χ4v) is 2.25. The standard InChI is InChI=1S/C13H21N3/c1-3-15-6-4-10-8-11-5-7-16-13(11)12(9-10)14-2/h8-9,14-16H,3-7H2,1-2H3. The van der Waals surface area contributed by atoms with Crippen molar-refractivity contribution in [1.29, 1.82) is 0 Å². The molecule has 2 rings (SSSR count). The van der Waals surface area contributed by atoms with Crippen LogP contribution in [-0.4, -0.2) is 26.7 Å². The summed E-state index contributed by atoms with van der Waals surface area (Å²) >= 11 is 0. The minimum Gasteiger partial charge on any atom is -0.386 e. The molecule has 1 aliphatic rings. The van der Waals surface area contributed by atoms with Crippen molar-refractivity contribution in [3.8, 4) is 0 Å². The van der Waals surface area contributed by atoms with Crippen LogP contribution in [0.2, 0.25) is 0 Å². The quantitative estimate of drug-likeness (QED) is 0.661. The summed E-state index contributed by atoms with van der Waals surface area (Å²) in [4.78, 5) is 0. The smallest absolute Gasteiger partial charge is 0.0609 e. The Bertz CT molecular complexity index is 360. The number of anilines is 2. The topological polar surface area (TPSA) is 36.1 Å². The van der Waals surface area contributed by atoms with E-state index in [1.807, 2.05) is 7.05 Å². The van der Waals surface area contributed by atoms with E-state index in [4.69, 9.17) is 0 Å². The van der Waals surface area contributed by atoms with E-state index in [1.54, 1.807) is 0 Å². The number of fused-ring (bicyclic) bond motifs is 1. The maximum absolute atomic E-state index is 3.44. The van der Waals surface area contributed by atoms with E-state index < -0.39 is 0 Å². The van der Waals surface area contributed by atoms with Crippen molar-refractivity contribution in [3.63, 3.8) is 0 Å². The van der Waals surface area contributed by atoms with Crippen LogP contribution in [0.4, 0.5) is 11.4 Å². The number of rotatable bonds is 5. The van der Waals surface area contributed by atoms with Crippen molar-refractivity contribution in [3.05, 3.63) is 23.3 Å². The van der Waals surface area contributed by atoms with Gasteiger partial charge in [-0.1, -0.05) is 13.0 Å². The minimum absolute atomic E-state index is 1.05. The summed E-state index contributed by atoms with van der Waals surface area (Å²) in [5, 5.41) is 10.1. The van der Waals surface area contributed by atoms with Gasteiger partial charge in [-0.3, -0.25) is 0 Å². The zero-order chi connectivity index (χ0) is 11.4. The molecule has 16 heavy (non-hydrogen) atoms. The van der Waals surface area contributed by atoms with Crippen molar-refractivity contribution in [1.82, 2.24) is 5.32 Å². The van der Waals surface area contributed by atoms with E-state index in [-0.39, 0.29) is 0 Å². The lowest BCUT2D eigenvalue weighted by Crippen LogP contribution is -2.16. The lowest BCUT2D eigenvalue weighted by atomic mass is 10.0. The molecule has 0 aromatic heterocycles. The van der Waals surface area contributed by atoms with E-state index in [9.17, 15) is 0 Å². The van der Waals surface area contributed by atoms with E-state index >= 15 is 0 Å². The molecule has 3 nitrogen and oxygen atoms in total. The van der Waals surface area contributed by atoms with Gasteiger partial charge in [-0.05, 0) is 43.1 Å². The molecule has 0 spiro atoms. The summed E-state index contributed by atoms with van der Waals surface area (Å²) in [5.74, 6) is 0. The SMILES string of the molecule is CCNCCc1cc2c(c(NC)c1)NCC2. The van der Waals surface area contributed by atoms with Gasteiger partial charge in [0.1, 0.15) is 0 Å². The van der Waals surface area contributed by atoms with Crippen LogP contribution in [0.15, 0.2) is 12.1 Å². The fourth-order valence-electron chi connectivity index (χ4n) is 2.25. The number of nitrogens with one attached hydrogen (secondary N) is 3. The first-order valence-electron chi connectivity index (χ1n) is 6.13. The highest BCUT2D eigenvalue weighted by Gasteiger charge is 2.14. The van der Waals surface area contributed by atoms with Crippen LogP contribution in [0.5, 0.6) is 0 Å². The van der Waals surface area contributed by atoms with Gasteiger partial charge in [-0.25, -0.2) is 0 Å². The molecular formula is C13H21N3. The Morgan fingerprint density at radius 2 is 2.25 bits per heavy atom. The second-order valence-electron chi connectivity index (χ2n) is 4.21. The van der Waals surface area contributed by atoms with Crippen molar-refractivity contribution in [2.75, 3.05) is 37.3 Å². The molecule has 1 aromatic rings. The molecule has 1 aromatic carbocycles. The molecule has 0 saturated carbocycles. The second-order valence-corrected chi connectivity index (χ2v) is 4.21. The van der Waals surface area contributed by atoms with E-state index in [0.29, 0.717) is 0 Å². The Morgan fingerprint density at radius 1 is 1.38 bits per heavy atom. The van der Waals surface area contributed by atoms with Gasteiger partial charge in [0.15, 0.2) is 0 Å². The van der Waals surface area contributed by atoms with Gasteiger partial charge in [0.05, 0.1) is 11.4 Å². The number of hydrogen-bond donors (Lipinski definition) is 3. The molecule has 1 aliphatic heterocycles. The molecule has 1 heterocycles. The van der Waals surface area contributed by atoms with Gasteiger partial charge < -0.3 is 16.0 Å². The average molecular weight is 219 g/mol. The number of likely N-dealkylation sites (N-methyl/N-ethyl adjacent to an activating group) is 1. The number of hydrogen-bond acceptors (Lipinski definition) is 3. The maximum atomic E-state index is 3.44. The lowest BCUT2D eigenvalue weighted by molar-refractivity contribution is 0.716. The normalized spacial score (nSPS) is 13.4. The van der Waals surface area contributed by atoms with Gasteiger partial charge in [-0.15, -0.1) is 0 Å². The van der Waals surface area contributed by atoms with Crippen molar-refractivity contribution < 1.29 is 0 Å². The Labute approximate surface area is 97.6 Å². The molecule has 0 radical (unpaired) electrons. The molecule has 3 heteroatoms. The molecule has 0 atom stereocenters. The summed E-state index contributed by atoms with van der Waals surface area (Å²) in [5.41, 5.74) is 5.42. The van der Waals surface area contributed by atoms with Crippen molar-refractivity contribution in [2.45, 2.75) is 19.8 Å². The Morgan fingerprint density at radius 3 is 3.00 bits per heavy atom. The van der Waals surface area contributed by atoms with E-state index in [1.165, 1.54) is 22.5 Å². The van der Waals surface area contributed by atoms with Crippen LogP contribution in [0.25, 0.3) is 0 Å². The Kier molecular flexibility index (Phi) is 3.67.